The smallest absolute Gasteiger partial charge is 0.231 e. The molecular weight excluding hydrogens is 224 g/mol. The predicted molar refractivity (Wildman–Crippen MR) is 62.0 cm³/mol. The van der Waals surface area contributed by atoms with Crippen molar-refractivity contribution in [2.75, 3.05) is 32.8 Å². The fourth-order valence-electron chi connectivity index (χ4n) is 1.87. The van der Waals surface area contributed by atoms with Gasteiger partial charge in [0.15, 0.2) is 0 Å². The van der Waals surface area contributed by atoms with Crippen LogP contribution in [0.3, 0.4) is 0 Å². The third-order valence-corrected chi connectivity index (χ3v) is 2.79. The van der Waals surface area contributed by atoms with Crippen molar-refractivity contribution >= 4 is 11.8 Å². The molecule has 17 heavy (non-hydrogen) atoms. The Labute approximate surface area is 100 Å². The van der Waals surface area contributed by atoms with Gasteiger partial charge >= 0.3 is 0 Å². The van der Waals surface area contributed by atoms with Gasteiger partial charge < -0.3 is 21.5 Å². The molecule has 0 saturated carbocycles. The van der Waals surface area contributed by atoms with Crippen molar-refractivity contribution in [1.82, 2.24) is 10.2 Å². The summed E-state index contributed by atoms with van der Waals surface area (Å²) in [7, 11) is 0. The summed E-state index contributed by atoms with van der Waals surface area (Å²) in [6, 6.07) is -0.0946. The highest BCUT2D eigenvalue weighted by Gasteiger charge is 2.27. The van der Waals surface area contributed by atoms with Crippen molar-refractivity contribution < 1.29 is 14.3 Å². The van der Waals surface area contributed by atoms with E-state index in [2.05, 4.69) is 5.32 Å². The molecule has 1 saturated heterocycles. The van der Waals surface area contributed by atoms with Gasteiger partial charge in [-0.05, 0) is 6.92 Å². The summed E-state index contributed by atoms with van der Waals surface area (Å²) in [6.07, 6.45) is -0.0672. The van der Waals surface area contributed by atoms with E-state index >= 15 is 0 Å². The lowest BCUT2D eigenvalue weighted by Crippen LogP contribution is -2.54. The van der Waals surface area contributed by atoms with Crippen molar-refractivity contribution in [3.05, 3.63) is 0 Å². The minimum atomic E-state index is -0.484. The topological polar surface area (TPSA) is 111 Å². The van der Waals surface area contributed by atoms with E-state index in [1.165, 1.54) is 0 Å². The summed E-state index contributed by atoms with van der Waals surface area (Å²) in [5, 5.41) is 3.19. The largest absolute Gasteiger partial charge is 0.374 e. The summed E-state index contributed by atoms with van der Waals surface area (Å²) in [5.41, 5.74) is 10.3. The van der Waals surface area contributed by atoms with E-state index in [0.717, 1.165) is 6.54 Å². The quantitative estimate of drug-likeness (QED) is 0.484. The molecule has 7 heteroatoms. The van der Waals surface area contributed by atoms with E-state index in [4.69, 9.17) is 16.2 Å². The number of amides is 2. The highest BCUT2D eigenvalue weighted by Crippen LogP contribution is 2.09. The van der Waals surface area contributed by atoms with Crippen LogP contribution in [0.5, 0.6) is 0 Å². The molecule has 2 amide bonds. The van der Waals surface area contributed by atoms with Gasteiger partial charge in [-0.15, -0.1) is 0 Å². The standard InChI is InChI=1S/C10H20N4O3/c1-7(8-4-13-2-3-17-8)14(5-9(11)15)6-10(12)16/h7-8,13H,2-6H2,1H3,(H2,11,15)(H2,12,16). The molecule has 1 heterocycles. The van der Waals surface area contributed by atoms with Crippen LogP contribution in [0.4, 0.5) is 0 Å². The first-order chi connectivity index (χ1) is 8.00. The van der Waals surface area contributed by atoms with E-state index in [1.807, 2.05) is 6.92 Å². The van der Waals surface area contributed by atoms with Crippen LogP contribution in [0.25, 0.3) is 0 Å². The third-order valence-electron chi connectivity index (χ3n) is 2.79. The van der Waals surface area contributed by atoms with Crippen LogP contribution in [0.2, 0.25) is 0 Å². The number of morpholine rings is 1. The fraction of sp³-hybridized carbons (Fsp3) is 0.800. The highest BCUT2D eigenvalue weighted by atomic mass is 16.5. The lowest BCUT2D eigenvalue weighted by atomic mass is 10.1. The number of ether oxygens (including phenoxy) is 1. The monoisotopic (exact) mass is 244 g/mol. The van der Waals surface area contributed by atoms with Crippen LogP contribution in [0.1, 0.15) is 6.92 Å². The maximum Gasteiger partial charge on any atom is 0.231 e. The molecule has 2 atom stereocenters. The highest BCUT2D eigenvalue weighted by molar-refractivity contribution is 5.79. The Hall–Kier alpha value is -1.18. The van der Waals surface area contributed by atoms with E-state index < -0.39 is 11.8 Å². The average molecular weight is 244 g/mol. The van der Waals surface area contributed by atoms with Gasteiger partial charge in [0.2, 0.25) is 11.8 Å². The molecule has 0 aromatic heterocycles. The summed E-state index contributed by atoms with van der Waals surface area (Å²) >= 11 is 0. The summed E-state index contributed by atoms with van der Waals surface area (Å²) < 4.78 is 5.58. The van der Waals surface area contributed by atoms with Crippen LogP contribution in [-0.2, 0) is 14.3 Å². The number of rotatable bonds is 6. The van der Waals surface area contributed by atoms with Crippen molar-refractivity contribution in [3.8, 4) is 0 Å². The van der Waals surface area contributed by atoms with Crippen LogP contribution in [0, 0.1) is 0 Å². The first kappa shape index (κ1) is 13.9. The molecule has 0 aromatic rings. The van der Waals surface area contributed by atoms with Gasteiger partial charge in [-0.1, -0.05) is 0 Å². The predicted octanol–water partition coefficient (Wildman–Crippen LogP) is -2.36. The van der Waals surface area contributed by atoms with Crippen LogP contribution in [0.15, 0.2) is 0 Å². The molecule has 98 valence electrons. The second-order valence-electron chi connectivity index (χ2n) is 4.19. The average Bonchev–Trinajstić information content (AvgIpc) is 2.27. The third kappa shape index (κ3) is 4.68. The Morgan fingerprint density at radius 3 is 2.41 bits per heavy atom. The number of carbonyl (C=O) groups excluding carboxylic acids is 2. The number of nitrogens with two attached hydrogens (primary N) is 2. The molecule has 1 rings (SSSR count). The summed E-state index contributed by atoms with van der Waals surface area (Å²) in [6.45, 7) is 4.03. The Morgan fingerprint density at radius 1 is 1.41 bits per heavy atom. The minimum Gasteiger partial charge on any atom is -0.374 e. The Balaban J connectivity index is 2.59. The molecule has 0 spiro atoms. The maximum absolute atomic E-state index is 11.0. The molecule has 7 nitrogen and oxygen atoms in total. The van der Waals surface area contributed by atoms with Crippen molar-refractivity contribution in [1.29, 1.82) is 0 Å². The molecule has 0 radical (unpaired) electrons. The van der Waals surface area contributed by atoms with Gasteiger partial charge in [0.05, 0.1) is 25.8 Å². The van der Waals surface area contributed by atoms with Crippen molar-refractivity contribution in [2.45, 2.75) is 19.1 Å². The van der Waals surface area contributed by atoms with E-state index in [9.17, 15) is 9.59 Å². The lowest BCUT2D eigenvalue weighted by molar-refractivity contribution is -0.124. The fourth-order valence-corrected chi connectivity index (χ4v) is 1.87. The van der Waals surface area contributed by atoms with E-state index in [1.54, 1.807) is 4.90 Å². The molecule has 1 aliphatic heterocycles. The zero-order valence-corrected chi connectivity index (χ0v) is 10.0. The van der Waals surface area contributed by atoms with Crippen LogP contribution < -0.4 is 16.8 Å². The first-order valence-corrected chi connectivity index (χ1v) is 5.63. The minimum absolute atomic E-state index is 0.00394. The van der Waals surface area contributed by atoms with Crippen molar-refractivity contribution in [2.24, 2.45) is 11.5 Å². The second kappa shape index (κ2) is 6.53. The first-order valence-electron chi connectivity index (χ1n) is 5.63. The molecule has 5 N–H and O–H groups in total. The second-order valence-corrected chi connectivity index (χ2v) is 4.19. The normalized spacial score (nSPS) is 22.4. The van der Waals surface area contributed by atoms with Crippen LogP contribution >= 0.6 is 0 Å². The molecule has 0 aromatic carbocycles. The van der Waals surface area contributed by atoms with Gasteiger partial charge in [0.25, 0.3) is 0 Å². The van der Waals surface area contributed by atoms with Gasteiger partial charge in [-0.2, -0.15) is 0 Å². The van der Waals surface area contributed by atoms with Crippen LogP contribution in [-0.4, -0.2) is 61.6 Å². The Morgan fingerprint density at radius 2 is 2.00 bits per heavy atom. The number of hydrogen-bond donors (Lipinski definition) is 3. The van der Waals surface area contributed by atoms with Gasteiger partial charge in [-0.3, -0.25) is 14.5 Å². The molecule has 1 fully saturated rings. The zero-order valence-electron chi connectivity index (χ0n) is 10.0. The maximum atomic E-state index is 11.0. The number of hydrogen-bond acceptors (Lipinski definition) is 5. The summed E-state index contributed by atoms with van der Waals surface area (Å²) in [5.74, 6) is -0.969. The number of nitrogens with one attached hydrogen (secondary N) is 1. The number of carbonyl (C=O) groups is 2. The lowest BCUT2D eigenvalue weighted by Gasteiger charge is -2.35. The summed E-state index contributed by atoms with van der Waals surface area (Å²) in [4.78, 5) is 23.5. The van der Waals surface area contributed by atoms with Crippen molar-refractivity contribution in [3.63, 3.8) is 0 Å². The number of nitrogens with zero attached hydrogens (tertiary/aromatic N) is 1. The van der Waals surface area contributed by atoms with E-state index in [0.29, 0.717) is 13.2 Å². The van der Waals surface area contributed by atoms with E-state index in [-0.39, 0.29) is 25.2 Å². The van der Waals surface area contributed by atoms with Gasteiger partial charge in [0.1, 0.15) is 0 Å². The molecular formula is C10H20N4O3. The van der Waals surface area contributed by atoms with Gasteiger partial charge in [-0.25, -0.2) is 0 Å². The Kier molecular flexibility index (Phi) is 5.33. The molecule has 0 bridgehead atoms. The number of primary amides is 2. The SMILES string of the molecule is CC(C1CNCCO1)N(CC(N)=O)CC(N)=O. The molecule has 1 aliphatic rings. The molecule has 0 aliphatic carbocycles. The zero-order chi connectivity index (χ0) is 12.8. The van der Waals surface area contributed by atoms with Gasteiger partial charge in [0, 0.05) is 19.1 Å². The Bertz CT molecular complexity index is 263. The molecule has 2 unspecified atom stereocenters.